The second-order valence-electron chi connectivity index (χ2n) is 4.00. The van der Waals surface area contributed by atoms with Crippen LogP contribution in [0.1, 0.15) is 17.7 Å². The number of aromatic amines is 1. The number of aromatic nitrogens is 2. The Morgan fingerprint density at radius 1 is 1.40 bits per heavy atom. The Morgan fingerprint density at radius 3 is 3.00 bits per heavy atom. The summed E-state index contributed by atoms with van der Waals surface area (Å²) in [5, 5.41) is 10.6. The lowest BCUT2D eigenvalue weighted by molar-refractivity contribution is 0.280. The summed E-state index contributed by atoms with van der Waals surface area (Å²) >= 11 is 3.42. The van der Waals surface area contributed by atoms with Crippen molar-refractivity contribution in [1.29, 1.82) is 0 Å². The smallest absolute Gasteiger partial charge is 0.131 e. The van der Waals surface area contributed by atoms with Gasteiger partial charge in [-0.05, 0) is 42.4 Å². The van der Waals surface area contributed by atoms with Gasteiger partial charge in [-0.1, -0.05) is 0 Å². The van der Waals surface area contributed by atoms with Crippen LogP contribution >= 0.6 is 15.9 Å². The van der Waals surface area contributed by atoms with E-state index in [0.717, 1.165) is 30.8 Å². The third kappa shape index (κ3) is 2.80. The van der Waals surface area contributed by atoms with Gasteiger partial charge >= 0.3 is 0 Å². The Labute approximate surface area is 98.6 Å². The van der Waals surface area contributed by atoms with Gasteiger partial charge in [0, 0.05) is 25.2 Å². The molecule has 2 heterocycles. The van der Waals surface area contributed by atoms with Gasteiger partial charge in [0.05, 0.1) is 5.69 Å². The molecule has 0 radical (unpaired) electrons. The molecule has 0 atom stereocenters. The van der Waals surface area contributed by atoms with Crippen LogP contribution in [-0.4, -0.2) is 41.3 Å². The van der Waals surface area contributed by atoms with Crippen molar-refractivity contribution in [2.45, 2.75) is 19.9 Å². The maximum Gasteiger partial charge on any atom is 0.131 e. The Morgan fingerprint density at radius 2 is 2.27 bits per heavy atom. The molecule has 1 fully saturated rings. The van der Waals surface area contributed by atoms with E-state index in [1.54, 1.807) is 0 Å². The minimum atomic E-state index is 0.936. The summed E-state index contributed by atoms with van der Waals surface area (Å²) in [5.74, 6) is 0. The molecular formula is C10H17BrN4. The number of halogens is 1. The highest BCUT2D eigenvalue weighted by Gasteiger charge is 2.12. The van der Waals surface area contributed by atoms with Crippen LogP contribution in [0.5, 0.6) is 0 Å². The zero-order chi connectivity index (χ0) is 10.7. The zero-order valence-electron chi connectivity index (χ0n) is 9.02. The minimum absolute atomic E-state index is 0.936. The quantitative estimate of drug-likeness (QED) is 0.853. The monoisotopic (exact) mass is 272 g/mol. The molecule has 1 aliphatic heterocycles. The zero-order valence-corrected chi connectivity index (χ0v) is 10.6. The van der Waals surface area contributed by atoms with E-state index in [9.17, 15) is 0 Å². The van der Waals surface area contributed by atoms with Gasteiger partial charge in [0.25, 0.3) is 0 Å². The highest BCUT2D eigenvalue weighted by Crippen LogP contribution is 2.17. The van der Waals surface area contributed by atoms with Crippen molar-refractivity contribution in [3.8, 4) is 0 Å². The molecule has 0 unspecified atom stereocenters. The molecule has 0 aromatic carbocycles. The number of rotatable bonds is 2. The first kappa shape index (κ1) is 11.1. The molecule has 84 valence electrons. The highest BCUT2D eigenvalue weighted by molar-refractivity contribution is 9.10. The Hall–Kier alpha value is -0.390. The van der Waals surface area contributed by atoms with Gasteiger partial charge in [-0.25, -0.2) is 0 Å². The van der Waals surface area contributed by atoms with Crippen LogP contribution in [0.15, 0.2) is 4.60 Å². The molecule has 0 spiro atoms. The number of nitrogens with zero attached hydrogens (tertiary/aromatic N) is 2. The van der Waals surface area contributed by atoms with Gasteiger partial charge in [0.1, 0.15) is 4.60 Å². The van der Waals surface area contributed by atoms with Gasteiger partial charge in [0.15, 0.2) is 0 Å². The van der Waals surface area contributed by atoms with E-state index in [1.165, 1.54) is 24.2 Å². The Kier molecular flexibility index (Phi) is 3.77. The molecular weight excluding hydrogens is 256 g/mol. The molecule has 0 bridgehead atoms. The van der Waals surface area contributed by atoms with E-state index >= 15 is 0 Å². The fraction of sp³-hybridized carbons (Fsp3) is 0.700. The van der Waals surface area contributed by atoms with Crippen LogP contribution in [0.25, 0.3) is 0 Å². The van der Waals surface area contributed by atoms with Crippen molar-refractivity contribution in [3.63, 3.8) is 0 Å². The SMILES string of the molecule is Cc1c(Br)n[nH]c1CN1CCCNCC1. The maximum absolute atomic E-state index is 4.15. The predicted molar refractivity (Wildman–Crippen MR) is 63.8 cm³/mol. The van der Waals surface area contributed by atoms with Crippen molar-refractivity contribution in [2.75, 3.05) is 26.2 Å². The van der Waals surface area contributed by atoms with Gasteiger partial charge in [0.2, 0.25) is 0 Å². The second kappa shape index (κ2) is 5.09. The average Bonchev–Trinajstić information content (AvgIpc) is 2.50. The maximum atomic E-state index is 4.15. The largest absolute Gasteiger partial charge is 0.315 e. The fourth-order valence-corrected chi connectivity index (χ4v) is 2.17. The predicted octanol–water partition coefficient (Wildman–Crippen LogP) is 1.28. The first-order valence-corrected chi connectivity index (χ1v) is 6.19. The molecule has 1 aliphatic rings. The third-order valence-corrected chi connectivity index (χ3v) is 3.64. The van der Waals surface area contributed by atoms with Gasteiger partial charge < -0.3 is 5.32 Å². The van der Waals surface area contributed by atoms with Crippen LogP contribution in [0.3, 0.4) is 0 Å². The van der Waals surface area contributed by atoms with Crippen LogP contribution in [0, 0.1) is 6.92 Å². The molecule has 0 amide bonds. The number of H-pyrrole nitrogens is 1. The number of nitrogens with one attached hydrogen (secondary N) is 2. The molecule has 1 saturated heterocycles. The molecule has 0 aliphatic carbocycles. The molecule has 5 heteroatoms. The topological polar surface area (TPSA) is 44.0 Å². The van der Waals surface area contributed by atoms with Crippen molar-refractivity contribution < 1.29 is 0 Å². The molecule has 0 saturated carbocycles. The summed E-state index contributed by atoms with van der Waals surface area (Å²) in [6.45, 7) is 7.60. The summed E-state index contributed by atoms with van der Waals surface area (Å²) in [4.78, 5) is 2.47. The number of hydrogen-bond donors (Lipinski definition) is 2. The van der Waals surface area contributed by atoms with Crippen molar-refractivity contribution in [1.82, 2.24) is 20.4 Å². The van der Waals surface area contributed by atoms with Crippen LogP contribution in [0.4, 0.5) is 0 Å². The summed E-state index contributed by atoms with van der Waals surface area (Å²) in [6.07, 6.45) is 1.23. The summed E-state index contributed by atoms with van der Waals surface area (Å²) < 4.78 is 0.936. The van der Waals surface area contributed by atoms with Gasteiger partial charge in [-0.3, -0.25) is 10.00 Å². The van der Waals surface area contributed by atoms with Crippen molar-refractivity contribution in [3.05, 3.63) is 15.9 Å². The van der Waals surface area contributed by atoms with Crippen LogP contribution < -0.4 is 5.32 Å². The first-order valence-electron chi connectivity index (χ1n) is 5.40. The normalized spacial score (nSPS) is 19.1. The van der Waals surface area contributed by atoms with E-state index in [4.69, 9.17) is 0 Å². The van der Waals surface area contributed by atoms with Crippen molar-refractivity contribution in [2.24, 2.45) is 0 Å². The average molecular weight is 273 g/mol. The lowest BCUT2D eigenvalue weighted by Gasteiger charge is -2.18. The van der Waals surface area contributed by atoms with E-state index in [-0.39, 0.29) is 0 Å². The van der Waals surface area contributed by atoms with E-state index in [2.05, 4.69) is 43.3 Å². The van der Waals surface area contributed by atoms with Crippen LogP contribution in [-0.2, 0) is 6.54 Å². The Bertz CT molecular complexity index is 315. The molecule has 15 heavy (non-hydrogen) atoms. The highest BCUT2D eigenvalue weighted by atomic mass is 79.9. The lowest BCUT2D eigenvalue weighted by Crippen LogP contribution is -2.28. The van der Waals surface area contributed by atoms with E-state index in [1.807, 2.05) is 0 Å². The van der Waals surface area contributed by atoms with E-state index in [0.29, 0.717) is 0 Å². The molecule has 1 aromatic heterocycles. The van der Waals surface area contributed by atoms with Crippen LogP contribution in [0.2, 0.25) is 0 Å². The fourth-order valence-electron chi connectivity index (χ4n) is 1.85. The van der Waals surface area contributed by atoms with Gasteiger partial charge in [-0.2, -0.15) is 5.10 Å². The molecule has 2 N–H and O–H groups in total. The molecule has 4 nitrogen and oxygen atoms in total. The first-order chi connectivity index (χ1) is 7.27. The minimum Gasteiger partial charge on any atom is -0.315 e. The summed E-state index contributed by atoms with van der Waals surface area (Å²) in [6, 6.07) is 0. The van der Waals surface area contributed by atoms with Gasteiger partial charge in [-0.15, -0.1) is 0 Å². The summed E-state index contributed by atoms with van der Waals surface area (Å²) in [7, 11) is 0. The lowest BCUT2D eigenvalue weighted by atomic mass is 10.2. The summed E-state index contributed by atoms with van der Waals surface area (Å²) in [5.41, 5.74) is 2.45. The number of hydrogen-bond acceptors (Lipinski definition) is 3. The van der Waals surface area contributed by atoms with Crippen molar-refractivity contribution >= 4 is 15.9 Å². The molecule has 2 rings (SSSR count). The second-order valence-corrected chi connectivity index (χ2v) is 4.75. The third-order valence-electron chi connectivity index (χ3n) is 2.87. The Balaban J connectivity index is 1.98. The standard InChI is InChI=1S/C10H17BrN4/c1-8-9(13-14-10(8)11)7-15-5-2-3-12-4-6-15/h12H,2-7H2,1H3,(H,13,14). The van der Waals surface area contributed by atoms with E-state index < -0.39 is 0 Å². The molecule has 1 aromatic rings.